The molecule has 5 N–H and O–H groups in total. The average molecular weight is 633 g/mol. The second-order valence-corrected chi connectivity index (χ2v) is 12.9. The van der Waals surface area contributed by atoms with Gasteiger partial charge in [-0.25, -0.2) is 22.8 Å². The fourth-order valence-corrected chi connectivity index (χ4v) is 5.90. The average Bonchev–Trinajstić information content (AvgIpc) is 3.68. The van der Waals surface area contributed by atoms with Crippen molar-refractivity contribution in [2.24, 2.45) is 5.73 Å². The first-order valence-electron chi connectivity index (χ1n) is 14.0. The number of nitrogens with zero attached hydrogens (tertiary/aromatic N) is 4. The Morgan fingerprint density at radius 2 is 1.80 bits per heavy atom. The van der Waals surface area contributed by atoms with Gasteiger partial charge >= 0.3 is 0 Å². The summed E-state index contributed by atoms with van der Waals surface area (Å²) < 4.78 is 38.8. The standard InChI is InChI=1S/C33H25FN8O3S/c1-46(44,45)31(35)20-11-19(12-22(34)13-20)24-9-10-37-32-25(24)15-28(40-32)30-29-27(41-42-30)8-7-26(39-29)21-14-23(17-36-16-21)38-33(43)18-5-3-2-4-6-18/h2-17,31H,35H2,1H3,(H,37,40)(H,38,43)(H,41,42). The van der Waals surface area contributed by atoms with Gasteiger partial charge in [-0.15, -0.1) is 0 Å². The van der Waals surface area contributed by atoms with Crippen LogP contribution < -0.4 is 11.1 Å². The molecule has 0 aliphatic carbocycles. The molecular weight excluding hydrogens is 607 g/mol. The van der Waals surface area contributed by atoms with E-state index in [9.17, 15) is 17.6 Å². The highest BCUT2D eigenvalue weighted by Gasteiger charge is 2.21. The molecule has 0 saturated heterocycles. The fraction of sp³-hybridized carbons (Fsp3) is 0.0606. The molecule has 228 valence electrons. The highest BCUT2D eigenvalue weighted by atomic mass is 32.2. The van der Waals surface area contributed by atoms with Crippen LogP contribution in [0.25, 0.3) is 55.8 Å². The third-order valence-electron chi connectivity index (χ3n) is 7.54. The van der Waals surface area contributed by atoms with E-state index in [0.717, 1.165) is 12.3 Å². The summed E-state index contributed by atoms with van der Waals surface area (Å²) in [6.07, 6.45) is 5.82. The number of amides is 1. The second-order valence-electron chi connectivity index (χ2n) is 10.8. The molecule has 0 bridgehead atoms. The highest BCUT2D eigenvalue weighted by Crippen LogP contribution is 2.35. The minimum atomic E-state index is -3.65. The van der Waals surface area contributed by atoms with Crippen molar-refractivity contribution in [2.75, 3.05) is 11.6 Å². The van der Waals surface area contributed by atoms with Gasteiger partial charge in [0.25, 0.3) is 5.91 Å². The van der Waals surface area contributed by atoms with Crippen molar-refractivity contribution < 1.29 is 17.6 Å². The minimum Gasteiger partial charge on any atom is -0.338 e. The van der Waals surface area contributed by atoms with Gasteiger partial charge in [0, 0.05) is 35.2 Å². The lowest BCUT2D eigenvalue weighted by Gasteiger charge is -2.12. The van der Waals surface area contributed by atoms with Crippen LogP contribution >= 0.6 is 0 Å². The quantitative estimate of drug-likeness (QED) is 0.175. The van der Waals surface area contributed by atoms with Crippen LogP contribution in [0.3, 0.4) is 0 Å². The van der Waals surface area contributed by atoms with Crippen LogP contribution in [0.1, 0.15) is 21.3 Å². The van der Waals surface area contributed by atoms with Crippen molar-refractivity contribution in [3.63, 3.8) is 0 Å². The van der Waals surface area contributed by atoms with Crippen LogP contribution in [0.4, 0.5) is 10.1 Å². The molecule has 1 atom stereocenters. The van der Waals surface area contributed by atoms with Crippen LogP contribution in [-0.2, 0) is 9.84 Å². The van der Waals surface area contributed by atoms with Crippen LogP contribution in [-0.4, -0.2) is 50.7 Å². The van der Waals surface area contributed by atoms with E-state index in [0.29, 0.717) is 67.1 Å². The van der Waals surface area contributed by atoms with Crippen molar-refractivity contribution >= 4 is 43.5 Å². The van der Waals surface area contributed by atoms with Crippen LogP contribution in [0.15, 0.2) is 97.5 Å². The number of fused-ring (bicyclic) bond motifs is 2. The van der Waals surface area contributed by atoms with Crippen molar-refractivity contribution in [1.82, 2.24) is 30.1 Å². The van der Waals surface area contributed by atoms with E-state index >= 15 is 0 Å². The largest absolute Gasteiger partial charge is 0.338 e. The number of carbonyl (C=O) groups excluding carboxylic acids is 1. The van der Waals surface area contributed by atoms with Gasteiger partial charge in [0.2, 0.25) is 0 Å². The Bertz CT molecular complexity index is 2390. The molecule has 0 saturated carbocycles. The monoisotopic (exact) mass is 632 g/mol. The topological polar surface area (TPSA) is 172 Å². The first kappa shape index (κ1) is 29.0. The third kappa shape index (κ3) is 5.49. The van der Waals surface area contributed by atoms with Crippen LogP contribution in [0, 0.1) is 5.82 Å². The van der Waals surface area contributed by atoms with Crippen molar-refractivity contribution in [3.05, 3.63) is 114 Å². The number of pyridine rings is 3. The number of sulfone groups is 1. The molecule has 46 heavy (non-hydrogen) atoms. The maximum absolute atomic E-state index is 14.7. The SMILES string of the molecule is CS(=O)(=O)C(N)c1cc(F)cc(-c2ccnc3[nH]c(-c4n[nH]c5ccc(-c6cncc(NC(=O)c7ccccc7)c6)nc45)cc23)c1. The first-order valence-corrected chi connectivity index (χ1v) is 16.0. The Kier molecular flexibility index (Phi) is 7.11. The van der Waals surface area contributed by atoms with Crippen molar-refractivity contribution in [1.29, 1.82) is 0 Å². The first-order chi connectivity index (χ1) is 22.1. The van der Waals surface area contributed by atoms with Crippen LogP contribution in [0.5, 0.6) is 0 Å². The number of H-pyrrole nitrogens is 2. The molecule has 0 fully saturated rings. The summed E-state index contributed by atoms with van der Waals surface area (Å²) in [6.45, 7) is 0. The van der Waals surface area contributed by atoms with E-state index < -0.39 is 21.0 Å². The van der Waals surface area contributed by atoms with Gasteiger partial charge in [-0.2, -0.15) is 5.10 Å². The smallest absolute Gasteiger partial charge is 0.255 e. The normalized spacial score (nSPS) is 12.4. The van der Waals surface area contributed by atoms with Gasteiger partial charge in [0.1, 0.15) is 28.0 Å². The number of carbonyl (C=O) groups is 1. The lowest BCUT2D eigenvalue weighted by Crippen LogP contribution is -2.20. The summed E-state index contributed by atoms with van der Waals surface area (Å²) >= 11 is 0. The van der Waals surface area contributed by atoms with Gasteiger partial charge < -0.3 is 16.0 Å². The number of hydrogen-bond donors (Lipinski definition) is 4. The molecular formula is C33H25FN8O3S. The maximum atomic E-state index is 14.7. The maximum Gasteiger partial charge on any atom is 0.255 e. The van der Waals surface area contributed by atoms with E-state index in [-0.39, 0.29) is 11.5 Å². The predicted molar refractivity (Wildman–Crippen MR) is 174 cm³/mol. The molecule has 0 aliphatic heterocycles. The molecule has 0 radical (unpaired) electrons. The number of anilines is 1. The minimum absolute atomic E-state index is 0.145. The summed E-state index contributed by atoms with van der Waals surface area (Å²) in [6, 6.07) is 22.0. The molecule has 2 aromatic carbocycles. The Morgan fingerprint density at radius 3 is 2.61 bits per heavy atom. The Balaban J connectivity index is 1.25. The zero-order valence-corrected chi connectivity index (χ0v) is 25.0. The molecule has 13 heteroatoms. The molecule has 0 spiro atoms. The zero-order chi connectivity index (χ0) is 32.0. The summed E-state index contributed by atoms with van der Waals surface area (Å²) in [5.41, 5.74) is 12.4. The number of nitrogens with one attached hydrogen (secondary N) is 3. The fourth-order valence-electron chi connectivity index (χ4n) is 5.27. The molecule has 0 aliphatic rings. The van der Waals surface area contributed by atoms with Crippen LogP contribution in [0.2, 0.25) is 0 Å². The Labute approximate surface area is 261 Å². The van der Waals surface area contributed by atoms with Crippen molar-refractivity contribution in [2.45, 2.75) is 5.37 Å². The highest BCUT2D eigenvalue weighted by molar-refractivity contribution is 7.90. The van der Waals surface area contributed by atoms with E-state index in [1.807, 2.05) is 24.3 Å². The van der Waals surface area contributed by atoms with Gasteiger partial charge in [-0.05, 0) is 77.4 Å². The second kappa shape index (κ2) is 11.3. The van der Waals surface area contributed by atoms with Gasteiger partial charge in [0.05, 0.1) is 28.8 Å². The molecule has 11 nitrogen and oxygen atoms in total. The molecule has 5 heterocycles. The summed E-state index contributed by atoms with van der Waals surface area (Å²) in [5.74, 6) is -0.861. The van der Waals surface area contributed by atoms with E-state index in [1.54, 1.807) is 61.1 Å². The predicted octanol–water partition coefficient (Wildman–Crippen LogP) is 5.62. The molecule has 5 aromatic heterocycles. The van der Waals surface area contributed by atoms with Gasteiger partial charge in [0.15, 0.2) is 9.84 Å². The lowest BCUT2D eigenvalue weighted by molar-refractivity contribution is 0.102. The lowest BCUT2D eigenvalue weighted by atomic mass is 10.0. The van der Waals surface area contributed by atoms with E-state index in [4.69, 9.17) is 10.7 Å². The van der Waals surface area contributed by atoms with Gasteiger partial charge in [-0.1, -0.05) is 18.2 Å². The number of halogens is 1. The molecule has 1 amide bonds. The zero-order valence-electron chi connectivity index (χ0n) is 24.2. The number of rotatable bonds is 7. The Hall–Kier alpha value is -5.79. The number of aromatic amines is 2. The molecule has 7 rings (SSSR count). The van der Waals surface area contributed by atoms with E-state index in [2.05, 4.69) is 30.5 Å². The van der Waals surface area contributed by atoms with E-state index in [1.165, 1.54) is 6.07 Å². The summed E-state index contributed by atoms with van der Waals surface area (Å²) in [7, 11) is -3.65. The molecule has 1 unspecified atom stereocenters. The number of benzene rings is 2. The van der Waals surface area contributed by atoms with Gasteiger partial charge in [-0.3, -0.25) is 14.9 Å². The summed E-state index contributed by atoms with van der Waals surface area (Å²) in [5, 5.41) is 9.68. The number of aromatic nitrogens is 6. The van der Waals surface area contributed by atoms with Crippen molar-refractivity contribution in [3.8, 4) is 33.8 Å². The Morgan fingerprint density at radius 1 is 0.978 bits per heavy atom. The third-order valence-corrected chi connectivity index (χ3v) is 8.74. The number of hydrogen-bond acceptors (Lipinski definition) is 8. The number of nitrogens with two attached hydrogens (primary N) is 1. The molecule has 7 aromatic rings. The summed E-state index contributed by atoms with van der Waals surface area (Å²) in [4.78, 5) is 29.6.